The third-order valence-electron chi connectivity index (χ3n) is 5.44. The number of piperidine rings is 1. The molecule has 29 heavy (non-hydrogen) atoms. The second kappa shape index (κ2) is 8.39. The van der Waals surface area contributed by atoms with Gasteiger partial charge in [-0.3, -0.25) is 14.5 Å². The topological polar surface area (TPSA) is 54.6 Å². The van der Waals surface area contributed by atoms with Crippen molar-refractivity contribution in [1.29, 1.82) is 0 Å². The van der Waals surface area contributed by atoms with Crippen LogP contribution in [0.1, 0.15) is 30.5 Å². The van der Waals surface area contributed by atoms with Crippen molar-refractivity contribution in [2.24, 2.45) is 12.1 Å². The summed E-state index contributed by atoms with van der Waals surface area (Å²) in [5.41, 5.74) is 4.19. The lowest BCUT2D eigenvalue weighted by Crippen LogP contribution is -2.24. The minimum absolute atomic E-state index is 0.0630. The average molecular weight is 390 g/mol. The van der Waals surface area contributed by atoms with Gasteiger partial charge in [0.2, 0.25) is 0 Å². The zero-order valence-corrected chi connectivity index (χ0v) is 17.0. The molecule has 6 heteroatoms. The van der Waals surface area contributed by atoms with Crippen LogP contribution in [0.3, 0.4) is 0 Å². The van der Waals surface area contributed by atoms with Crippen molar-refractivity contribution in [3.8, 4) is 5.69 Å². The minimum atomic E-state index is -0.0630. The normalized spacial score (nSPS) is 14.5. The van der Waals surface area contributed by atoms with Crippen LogP contribution in [0, 0.1) is 6.92 Å². The molecule has 4 rings (SSSR count). The Balaban J connectivity index is 1.52. The number of nitrogens with zero attached hydrogens (tertiary/aromatic N) is 4. The lowest BCUT2D eigenvalue weighted by atomic mass is 10.2. The van der Waals surface area contributed by atoms with Crippen molar-refractivity contribution in [3.63, 3.8) is 0 Å². The number of aromatic nitrogens is 2. The summed E-state index contributed by atoms with van der Waals surface area (Å²) in [4.78, 5) is 13.0. The number of para-hydroxylation sites is 1. The van der Waals surface area contributed by atoms with Crippen LogP contribution in [0.4, 0.5) is 11.4 Å². The van der Waals surface area contributed by atoms with Crippen molar-refractivity contribution in [1.82, 2.24) is 14.4 Å². The van der Waals surface area contributed by atoms with E-state index in [2.05, 4.69) is 15.4 Å². The van der Waals surface area contributed by atoms with Crippen LogP contribution >= 0.6 is 0 Å². The molecular weight excluding hydrogens is 362 g/mol. The van der Waals surface area contributed by atoms with Gasteiger partial charge in [-0.25, -0.2) is 4.68 Å². The summed E-state index contributed by atoms with van der Waals surface area (Å²) in [5, 5.41) is 10.0. The summed E-state index contributed by atoms with van der Waals surface area (Å²) in [6, 6.07) is 17.7. The Labute approximate surface area is 171 Å². The Hall–Kier alpha value is -3.28. The first-order valence-corrected chi connectivity index (χ1v) is 10.1. The van der Waals surface area contributed by atoms with Gasteiger partial charge in [-0.15, -0.1) is 0 Å². The molecule has 0 radical (unpaired) electrons. The Bertz CT molecular complexity index is 1040. The Morgan fingerprint density at radius 3 is 2.34 bits per heavy atom. The third kappa shape index (κ3) is 4.11. The number of benzene rings is 2. The highest BCUT2D eigenvalue weighted by atomic mass is 16.1. The van der Waals surface area contributed by atoms with E-state index in [9.17, 15) is 4.79 Å². The van der Waals surface area contributed by atoms with Gasteiger partial charge >= 0.3 is 0 Å². The Morgan fingerprint density at radius 2 is 1.66 bits per heavy atom. The van der Waals surface area contributed by atoms with Crippen LogP contribution in [-0.4, -0.2) is 33.7 Å². The van der Waals surface area contributed by atoms with E-state index in [0.29, 0.717) is 5.69 Å². The second-order valence-electron chi connectivity index (χ2n) is 7.44. The highest BCUT2D eigenvalue weighted by molar-refractivity contribution is 5.80. The predicted molar refractivity (Wildman–Crippen MR) is 118 cm³/mol. The first kappa shape index (κ1) is 19.1. The SMILES string of the molecule is Cc1c(Nc2ccc(/C=N\N3CCCCC3)cc2)c(=O)n(-c2ccccc2)n1C. The number of hydrazone groups is 1. The van der Waals surface area contributed by atoms with Crippen LogP contribution < -0.4 is 10.9 Å². The molecule has 0 amide bonds. The smallest absolute Gasteiger partial charge is 0.295 e. The molecular formula is C23H27N5O. The predicted octanol–water partition coefficient (Wildman–Crippen LogP) is 4.05. The second-order valence-corrected chi connectivity index (χ2v) is 7.44. The molecule has 1 N–H and O–H groups in total. The third-order valence-corrected chi connectivity index (χ3v) is 5.44. The fraction of sp³-hybridized carbons (Fsp3) is 0.304. The number of hydrogen-bond donors (Lipinski definition) is 1. The first-order valence-electron chi connectivity index (χ1n) is 10.1. The van der Waals surface area contributed by atoms with Gasteiger partial charge in [-0.1, -0.05) is 30.3 Å². The largest absolute Gasteiger partial charge is 0.349 e. The van der Waals surface area contributed by atoms with E-state index in [1.165, 1.54) is 19.3 Å². The fourth-order valence-corrected chi connectivity index (χ4v) is 3.65. The van der Waals surface area contributed by atoms with Gasteiger partial charge in [0, 0.05) is 25.8 Å². The molecule has 0 saturated carbocycles. The summed E-state index contributed by atoms with van der Waals surface area (Å²) >= 11 is 0. The van der Waals surface area contributed by atoms with Crippen molar-refractivity contribution in [2.75, 3.05) is 18.4 Å². The molecule has 0 aliphatic carbocycles. The Kier molecular flexibility index (Phi) is 5.51. The highest BCUT2D eigenvalue weighted by Crippen LogP contribution is 2.19. The molecule has 0 atom stereocenters. The maximum Gasteiger partial charge on any atom is 0.295 e. The van der Waals surface area contributed by atoms with Crippen LogP contribution in [0.25, 0.3) is 5.69 Å². The molecule has 1 aliphatic heterocycles. The molecule has 150 valence electrons. The van der Waals surface area contributed by atoms with Gasteiger partial charge < -0.3 is 5.32 Å². The zero-order chi connectivity index (χ0) is 20.2. The number of rotatable bonds is 5. The molecule has 0 bridgehead atoms. The lowest BCUT2D eigenvalue weighted by molar-refractivity contribution is 0.240. The van der Waals surface area contributed by atoms with E-state index >= 15 is 0 Å². The van der Waals surface area contributed by atoms with Crippen molar-refractivity contribution in [2.45, 2.75) is 26.2 Å². The molecule has 1 aromatic heterocycles. The number of nitrogens with one attached hydrogen (secondary N) is 1. The summed E-state index contributed by atoms with van der Waals surface area (Å²) < 4.78 is 3.55. The van der Waals surface area contributed by atoms with Gasteiger partial charge in [0.1, 0.15) is 5.69 Å². The van der Waals surface area contributed by atoms with Crippen LogP contribution in [-0.2, 0) is 7.05 Å². The highest BCUT2D eigenvalue weighted by Gasteiger charge is 2.16. The maximum atomic E-state index is 13.0. The van der Waals surface area contributed by atoms with Crippen molar-refractivity contribution in [3.05, 3.63) is 76.2 Å². The van der Waals surface area contributed by atoms with Crippen LogP contribution in [0.15, 0.2) is 64.5 Å². The van der Waals surface area contributed by atoms with E-state index in [1.54, 1.807) is 4.68 Å². The Morgan fingerprint density at radius 1 is 0.966 bits per heavy atom. The minimum Gasteiger partial charge on any atom is -0.349 e. The van der Waals surface area contributed by atoms with Crippen molar-refractivity contribution < 1.29 is 0 Å². The van der Waals surface area contributed by atoms with Gasteiger partial charge in [0.25, 0.3) is 5.56 Å². The molecule has 0 unspecified atom stereocenters. The average Bonchev–Trinajstić information content (AvgIpc) is 2.98. The molecule has 0 spiro atoms. The quantitative estimate of drug-likeness (QED) is 0.670. The van der Waals surface area contributed by atoms with Gasteiger partial charge in [0.05, 0.1) is 17.6 Å². The fourth-order valence-electron chi connectivity index (χ4n) is 3.65. The summed E-state index contributed by atoms with van der Waals surface area (Å²) in [6.45, 7) is 4.02. The van der Waals surface area contributed by atoms with E-state index < -0.39 is 0 Å². The van der Waals surface area contributed by atoms with E-state index in [-0.39, 0.29) is 5.56 Å². The molecule has 1 fully saturated rings. The molecule has 1 aliphatic rings. The molecule has 3 aromatic rings. The molecule has 6 nitrogen and oxygen atoms in total. The van der Waals surface area contributed by atoms with Crippen LogP contribution in [0.2, 0.25) is 0 Å². The number of hydrogen-bond acceptors (Lipinski definition) is 4. The monoisotopic (exact) mass is 389 g/mol. The molecule has 2 heterocycles. The molecule has 2 aromatic carbocycles. The van der Waals surface area contributed by atoms with Crippen molar-refractivity contribution >= 4 is 17.6 Å². The first-order chi connectivity index (χ1) is 14.1. The van der Waals surface area contributed by atoms with Gasteiger partial charge in [0.15, 0.2) is 0 Å². The summed E-state index contributed by atoms with van der Waals surface area (Å²) in [7, 11) is 1.90. The molecule has 1 saturated heterocycles. The maximum absolute atomic E-state index is 13.0. The summed E-state index contributed by atoms with van der Waals surface area (Å²) in [5.74, 6) is 0. The van der Waals surface area contributed by atoms with E-state index in [0.717, 1.165) is 35.7 Å². The van der Waals surface area contributed by atoms with E-state index in [4.69, 9.17) is 0 Å². The lowest BCUT2D eigenvalue weighted by Gasteiger charge is -2.23. The standard InChI is InChI=1S/C23H27N5O/c1-18-22(23(29)28(26(18)2)21-9-5-3-6-10-21)25-20-13-11-19(12-14-20)17-24-27-15-7-4-8-16-27/h3,5-6,9-14,17,25H,4,7-8,15-16H2,1-2H3/b24-17-. The van der Waals surface area contributed by atoms with Crippen LogP contribution in [0.5, 0.6) is 0 Å². The van der Waals surface area contributed by atoms with Gasteiger partial charge in [-0.05, 0) is 56.0 Å². The van der Waals surface area contributed by atoms with E-state index in [1.807, 2.05) is 79.5 Å². The number of anilines is 2. The van der Waals surface area contributed by atoms with Gasteiger partial charge in [-0.2, -0.15) is 5.10 Å². The zero-order valence-electron chi connectivity index (χ0n) is 17.0. The summed E-state index contributed by atoms with van der Waals surface area (Å²) in [6.07, 6.45) is 5.65.